The number of aromatic hydroxyl groups is 1. The summed E-state index contributed by atoms with van der Waals surface area (Å²) in [6, 6.07) is 2.54. The number of aromatic amines is 1. The van der Waals surface area contributed by atoms with Crippen molar-refractivity contribution >= 4 is 10.9 Å². The number of rotatable bonds is 3. The number of likely N-dealkylation sites (N-methyl/N-ethyl adjacent to an activating group) is 1. The monoisotopic (exact) mass is 240 g/mol. The number of fused-ring (bicyclic) bond motifs is 1. The lowest BCUT2D eigenvalue weighted by Gasteiger charge is -2.08. The molecular weight excluding hydrogens is 226 g/mol. The molecule has 2 rings (SSSR count). The molecule has 92 valence electrons. The minimum atomic E-state index is -0.734. The quantitative estimate of drug-likeness (QED) is 0.863. The summed E-state index contributed by atoms with van der Waals surface area (Å²) < 4.78 is 26.9. The van der Waals surface area contributed by atoms with Crippen LogP contribution in [-0.4, -0.2) is 35.6 Å². The highest BCUT2D eigenvalue weighted by molar-refractivity contribution is 5.89. The minimum absolute atomic E-state index is 0.240. The molecular formula is C12H14F2N2O. The first kappa shape index (κ1) is 11.9. The molecule has 0 spiro atoms. The van der Waals surface area contributed by atoms with Gasteiger partial charge in [0.15, 0.2) is 17.5 Å². The number of halogens is 2. The van der Waals surface area contributed by atoms with E-state index in [4.69, 9.17) is 0 Å². The van der Waals surface area contributed by atoms with Gasteiger partial charge < -0.3 is 15.0 Å². The summed E-state index contributed by atoms with van der Waals surface area (Å²) in [6.07, 6.45) is 0.413. The topological polar surface area (TPSA) is 39.3 Å². The van der Waals surface area contributed by atoms with Crippen LogP contribution < -0.4 is 0 Å². The number of hydrogen-bond donors (Lipinski definition) is 2. The lowest BCUT2D eigenvalue weighted by Crippen LogP contribution is -2.15. The predicted octanol–water partition coefficient (Wildman–Crippen LogP) is 2.26. The van der Waals surface area contributed by atoms with E-state index in [9.17, 15) is 13.9 Å². The maximum absolute atomic E-state index is 13.7. The van der Waals surface area contributed by atoms with E-state index in [1.807, 2.05) is 19.0 Å². The number of aromatic nitrogens is 1. The summed E-state index contributed by atoms with van der Waals surface area (Å²) in [4.78, 5) is 4.40. The Kier molecular flexibility index (Phi) is 3.02. The number of benzene rings is 1. The van der Waals surface area contributed by atoms with Gasteiger partial charge in [0.2, 0.25) is 0 Å². The first-order chi connectivity index (χ1) is 8.00. The van der Waals surface area contributed by atoms with Crippen molar-refractivity contribution in [2.75, 3.05) is 20.6 Å². The van der Waals surface area contributed by atoms with E-state index >= 15 is 0 Å². The van der Waals surface area contributed by atoms with E-state index in [1.165, 1.54) is 6.07 Å². The molecule has 0 radical (unpaired) electrons. The Bertz CT molecular complexity index is 549. The van der Waals surface area contributed by atoms with Crippen molar-refractivity contribution < 1.29 is 13.9 Å². The molecule has 3 nitrogen and oxygen atoms in total. The summed E-state index contributed by atoms with van der Waals surface area (Å²) in [5.41, 5.74) is 0.737. The van der Waals surface area contributed by atoms with Gasteiger partial charge in [-0.2, -0.15) is 4.39 Å². The Labute approximate surface area is 97.7 Å². The molecule has 0 amide bonds. The van der Waals surface area contributed by atoms with Crippen LogP contribution in [0.25, 0.3) is 10.9 Å². The lowest BCUT2D eigenvalue weighted by atomic mass is 10.1. The molecule has 5 heteroatoms. The molecule has 0 aliphatic rings. The molecule has 17 heavy (non-hydrogen) atoms. The normalized spacial score (nSPS) is 11.6. The molecule has 1 aromatic carbocycles. The van der Waals surface area contributed by atoms with Gasteiger partial charge in [-0.15, -0.1) is 0 Å². The third kappa shape index (κ3) is 2.10. The highest BCUT2D eigenvalue weighted by atomic mass is 19.1. The van der Waals surface area contributed by atoms with Gasteiger partial charge in [-0.3, -0.25) is 0 Å². The SMILES string of the molecule is CN(C)CCc1c(F)[nH]c2ccc(F)c(O)c12. The molecule has 0 bridgehead atoms. The molecule has 0 saturated heterocycles. The molecule has 2 aromatic rings. The smallest absolute Gasteiger partial charge is 0.195 e. The van der Waals surface area contributed by atoms with Crippen LogP contribution in [0.2, 0.25) is 0 Å². The molecule has 0 aliphatic heterocycles. The van der Waals surface area contributed by atoms with Crippen LogP contribution in [0.15, 0.2) is 12.1 Å². The lowest BCUT2D eigenvalue weighted by molar-refractivity contribution is 0.409. The van der Waals surface area contributed by atoms with Gasteiger partial charge in [0, 0.05) is 12.1 Å². The van der Waals surface area contributed by atoms with E-state index in [-0.39, 0.29) is 5.39 Å². The number of nitrogens with zero attached hydrogens (tertiary/aromatic N) is 1. The Morgan fingerprint density at radius 1 is 1.29 bits per heavy atom. The van der Waals surface area contributed by atoms with Crippen molar-refractivity contribution in [3.05, 3.63) is 29.5 Å². The molecule has 1 heterocycles. The van der Waals surface area contributed by atoms with Gasteiger partial charge in [-0.1, -0.05) is 0 Å². The first-order valence-electron chi connectivity index (χ1n) is 5.33. The maximum Gasteiger partial charge on any atom is 0.195 e. The summed E-state index contributed by atoms with van der Waals surface area (Å²) >= 11 is 0. The van der Waals surface area contributed by atoms with E-state index in [0.717, 1.165) is 6.07 Å². The second kappa shape index (κ2) is 4.33. The molecule has 0 saturated carbocycles. The van der Waals surface area contributed by atoms with Gasteiger partial charge >= 0.3 is 0 Å². The second-order valence-corrected chi connectivity index (χ2v) is 4.29. The summed E-state index contributed by atoms with van der Waals surface area (Å²) in [6.45, 7) is 0.625. The average Bonchev–Trinajstić information content (AvgIpc) is 2.58. The maximum atomic E-state index is 13.7. The van der Waals surface area contributed by atoms with Gasteiger partial charge in [0.25, 0.3) is 0 Å². The van der Waals surface area contributed by atoms with Crippen molar-refractivity contribution in [2.24, 2.45) is 0 Å². The van der Waals surface area contributed by atoms with Crippen molar-refractivity contribution in [3.63, 3.8) is 0 Å². The molecule has 0 fully saturated rings. The van der Waals surface area contributed by atoms with Crippen molar-refractivity contribution in [1.82, 2.24) is 9.88 Å². The van der Waals surface area contributed by atoms with Crippen LogP contribution in [0.5, 0.6) is 5.75 Å². The van der Waals surface area contributed by atoms with Crippen molar-refractivity contribution in [3.8, 4) is 5.75 Å². The fourth-order valence-electron chi connectivity index (χ4n) is 1.85. The van der Waals surface area contributed by atoms with Gasteiger partial charge in [-0.05, 0) is 32.6 Å². The second-order valence-electron chi connectivity index (χ2n) is 4.29. The average molecular weight is 240 g/mol. The largest absolute Gasteiger partial charge is 0.504 e. The van der Waals surface area contributed by atoms with E-state index in [1.54, 1.807) is 0 Å². The number of phenols is 1. The van der Waals surface area contributed by atoms with Gasteiger partial charge in [0.1, 0.15) is 0 Å². The van der Waals surface area contributed by atoms with Gasteiger partial charge in [0.05, 0.1) is 10.9 Å². The number of H-pyrrole nitrogens is 1. The summed E-state index contributed by atoms with van der Waals surface area (Å²) in [5, 5.41) is 9.88. The van der Waals surface area contributed by atoms with Crippen molar-refractivity contribution in [1.29, 1.82) is 0 Å². The van der Waals surface area contributed by atoms with E-state index in [0.29, 0.717) is 24.0 Å². The van der Waals surface area contributed by atoms with Crippen LogP contribution in [0, 0.1) is 11.8 Å². The number of hydrogen-bond acceptors (Lipinski definition) is 2. The Hall–Kier alpha value is -1.62. The summed E-state index contributed by atoms with van der Waals surface area (Å²) in [5.74, 6) is -1.73. The fraction of sp³-hybridized carbons (Fsp3) is 0.333. The standard InChI is InChI=1S/C12H14F2N2O/c1-16(2)6-5-7-10-9(15-12(7)14)4-3-8(13)11(10)17/h3-4,15,17H,5-6H2,1-2H3. The van der Waals surface area contributed by atoms with Crippen LogP contribution in [0.4, 0.5) is 8.78 Å². The van der Waals surface area contributed by atoms with Crippen LogP contribution in [0.1, 0.15) is 5.56 Å². The summed E-state index contributed by atoms with van der Waals surface area (Å²) in [7, 11) is 3.74. The molecule has 2 N–H and O–H groups in total. The van der Waals surface area contributed by atoms with Gasteiger partial charge in [-0.25, -0.2) is 4.39 Å². The molecule has 0 unspecified atom stereocenters. The fourth-order valence-corrected chi connectivity index (χ4v) is 1.85. The van der Waals surface area contributed by atoms with Crippen LogP contribution >= 0.6 is 0 Å². The Morgan fingerprint density at radius 3 is 2.65 bits per heavy atom. The Balaban J connectivity index is 2.53. The van der Waals surface area contributed by atoms with Crippen LogP contribution in [0.3, 0.4) is 0 Å². The predicted molar refractivity (Wildman–Crippen MR) is 62.1 cm³/mol. The molecule has 0 aliphatic carbocycles. The number of phenolic OH excluding ortho intramolecular Hbond substituents is 1. The van der Waals surface area contributed by atoms with E-state index < -0.39 is 17.5 Å². The van der Waals surface area contributed by atoms with Crippen LogP contribution in [-0.2, 0) is 6.42 Å². The zero-order chi connectivity index (χ0) is 12.6. The minimum Gasteiger partial charge on any atom is -0.504 e. The van der Waals surface area contributed by atoms with Crippen molar-refractivity contribution in [2.45, 2.75) is 6.42 Å². The first-order valence-corrected chi connectivity index (χ1v) is 5.33. The highest BCUT2D eigenvalue weighted by Gasteiger charge is 2.17. The number of nitrogens with one attached hydrogen (secondary N) is 1. The molecule has 0 atom stereocenters. The third-order valence-corrected chi connectivity index (χ3v) is 2.75. The zero-order valence-electron chi connectivity index (χ0n) is 9.72. The highest BCUT2D eigenvalue weighted by Crippen LogP contribution is 2.32. The third-order valence-electron chi connectivity index (χ3n) is 2.75. The molecule has 1 aromatic heterocycles. The zero-order valence-corrected chi connectivity index (χ0v) is 9.72. The Morgan fingerprint density at radius 2 is 2.00 bits per heavy atom. The van der Waals surface area contributed by atoms with E-state index in [2.05, 4.69) is 4.98 Å².